The lowest BCUT2D eigenvalue weighted by Gasteiger charge is -2.39. The number of benzene rings is 3. The average Bonchev–Trinajstić information content (AvgIpc) is 2.84. The molecular weight excluding hydrogens is 481 g/mol. The smallest absolute Gasteiger partial charge is 0.341 e. The number of halogens is 4. The van der Waals surface area contributed by atoms with Crippen LogP contribution in [0.4, 0.5) is 13.2 Å². The van der Waals surface area contributed by atoms with E-state index in [1.165, 1.54) is 0 Å². The number of nitrogens with one attached hydrogen (secondary N) is 2. The summed E-state index contributed by atoms with van der Waals surface area (Å²) in [6.07, 6.45) is -1.20. The van der Waals surface area contributed by atoms with E-state index in [4.69, 9.17) is 0 Å². The molecule has 8 heteroatoms. The molecular formula is C26H26ClF3N2OS. The standard InChI is InChI=1S/C26H25F3N2OS.ClH/c1-33-22-16-20(26(27,28)29)15-21(18-9-4-2-5-10-18)23(22)24(32)31-25(13-8-14-30-17-25)19-11-6-3-7-12-19;/h2-7,9-12,15-16,30H,8,13-14,17H2,1H3,(H,31,32);1H. The number of hydrogen-bond donors (Lipinski definition) is 2. The van der Waals surface area contributed by atoms with Crippen molar-refractivity contribution in [3.63, 3.8) is 0 Å². The molecule has 1 aliphatic heterocycles. The molecule has 0 spiro atoms. The van der Waals surface area contributed by atoms with Crippen molar-refractivity contribution in [2.45, 2.75) is 29.5 Å². The van der Waals surface area contributed by atoms with Crippen LogP contribution in [-0.2, 0) is 11.7 Å². The van der Waals surface area contributed by atoms with Crippen molar-refractivity contribution in [3.8, 4) is 11.1 Å². The lowest BCUT2D eigenvalue weighted by molar-refractivity contribution is -0.137. The largest absolute Gasteiger partial charge is 0.416 e. The second kappa shape index (κ2) is 10.8. The molecule has 1 amide bonds. The van der Waals surface area contributed by atoms with Gasteiger partial charge in [-0.15, -0.1) is 24.2 Å². The summed E-state index contributed by atoms with van der Waals surface area (Å²) >= 11 is 1.14. The van der Waals surface area contributed by atoms with Crippen LogP contribution in [0.15, 0.2) is 77.7 Å². The zero-order valence-corrected chi connectivity index (χ0v) is 20.2. The van der Waals surface area contributed by atoms with E-state index in [2.05, 4.69) is 10.6 Å². The summed E-state index contributed by atoms with van der Waals surface area (Å²) in [6.45, 7) is 1.41. The third kappa shape index (κ3) is 5.43. The minimum Gasteiger partial charge on any atom is -0.341 e. The maximum Gasteiger partial charge on any atom is 0.416 e. The SMILES string of the molecule is CSc1cc(C(F)(F)F)cc(-c2ccccc2)c1C(=O)NC1(c2ccccc2)CCCNC1.Cl. The second-order valence-corrected chi connectivity index (χ2v) is 9.00. The Morgan fingerprint density at radius 2 is 1.68 bits per heavy atom. The van der Waals surface area contributed by atoms with Crippen molar-refractivity contribution < 1.29 is 18.0 Å². The number of alkyl halides is 3. The van der Waals surface area contributed by atoms with E-state index in [0.29, 0.717) is 17.0 Å². The van der Waals surface area contributed by atoms with Crippen molar-refractivity contribution in [2.75, 3.05) is 19.3 Å². The molecule has 1 saturated heterocycles. The number of carbonyl (C=O) groups is 1. The quantitative estimate of drug-likeness (QED) is 0.387. The van der Waals surface area contributed by atoms with E-state index in [1.54, 1.807) is 36.6 Å². The zero-order valence-electron chi connectivity index (χ0n) is 18.6. The molecule has 1 heterocycles. The first-order valence-corrected chi connectivity index (χ1v) is 12.0. The highest BCUT2D eigenvalue weighted by molar-refractivity contribution is 7.98. The Morgan fingerprint density at radius 1 is 1.03 bits per heavy atom. The van der Waals surface area contributed by atoms with Crippen LogP contribution in [0.2, 0.25) is 0 Å². The first-order chi connectivity index (χ1) is 15.8. The monoisotopic (exact) mass is 506 g/mol. The van der Waals surface area contributed by atoms with Crippen LogP contribution in [0.1, 0.15) is 34.3 Å². The summed E-state index contributed by atoms with van der Waals surface area (Å²) in [5.74, 6) is -0.375. The Balaban J connectivity index is 0.00000324. The molecule has 3 aromatic carbocycles. The Kier molecular flexibility index (Phi) is 8.34. The third-order valence-electron chi connectivity index (χ3n) is 6.02. The fourth-order valence-corrected chi connectivity index (χ4v) is 5.04. The zero-order chi connectivity index (χ0) is 23.5. The summed E-state index contributed by atoms with van der Waals surface area (Å²) in [5.41, 5.74) is 0.688. The maximum absolute atomic E-state index is 13.8. The number of rotatable bonds is 5. The molecule has 34 heavy (non-hydrogen) atoms. The van der Waals surface area contributed by atoms with Gasteiger partial charge in [-0.25, -0.2) is 0 Å². The Labute approximate surface area is 207 Å². The molecule has 1 atom stereocenters. The molecule has 2 N–H and O–H groups in total. The molecule has 0 radical (unpaired) electrons. The highest BCUT2D eigenvalue weighted by Crippen LogP contribution is 2.39. The molecule has 0 saturated carbocycles. The maximum atomic E-state index is 13.8. The number of piperidine rings is 1. The minimum atomic E-state index is -4.51. The molecule has 0 aromatic heterocycles. The normalized spacial score (nSPS) is 18.1. The van der Waals surface area contributed by atoms with Crippen LogP contribution >= 0.6 is 24.2 Å². The fraction of sp³-hybridized carbons (Fsp3) is 0.269. The summed E-state index contributed by atoms with van der Waals surface area (Å²) in [7, 11) is 0. The molecule has 3 aromatic rings. The minimum absolute atomic E-state index is 0. The van der Waals surface area contributed by atoms with Crippen molar-refractivity contribution in [3.05, 3.63) is 89.5 Å². The Hall–Kier alpha value is -2.48. The van der Waals surface area contributed by atoms with Crippen molar-refractivity contribution in [1.82, 2.24) is 10.6 Å². The van der Waals surface area contributed by atoms with Gasteiger partial charge in [0.15, 0.2) is 0 Å². The van der Waals surface area contributed by atoms with Gasteiger partial charge in [0.25, 0.3) is 5.91 Å². The molecule has 1 unspecified atom stereocenters. The predicted octanol–water partition coefficient (Wildman–Crippen LogP) is 6.52. The number of thioether (sulfide) groups is 1. The average molecular weight is 507 g/mol. The van der Waals surface area contributed by atoms with Gasteiger partial charge < -0.3 is 10.6 Å². The van der Waals surface area contributed by atoms with Gasteiger partial charge in [-0.05, 0) is 54.5 Å². The van der Waals surface area contributed by atoms with E-state index in [-0.39, 0.29) is 29.4 Å². The van der Waals surface area contributed by atoms with Crippen molar-refractivity contribution >= 4 is 30.1 Å². The predicted molar refractivity (Wildman–Crippen MR) is 134 cm³/mol. The van der Waals surface area contributed by atoms with Gasteiger partial charge >= 0.3 is 6.18 Å². The van der Waals surface area contributed by atoms with Crippen LogP contribution in [0.25, 0.3) is 11.1 Å². The van der Waals surface area contributed by atoms with Gasteiger partial charge in [0, 0.05) is 11.4 Å². The van der Waals surface area contributed by atoms with Gasteiger partial charge in [0.05, 0.1) is 16.7 Å². The third-order valence-corrected chi connectivity index (χ3v) is 6.79. The van der Waals surface area contributed by atoms with E-state index in [0.717, 1.165) is 48.8 Å². The highest BCUT2D eigenvalue weighted by Gasteiger charge is 2.38. The van der Waals surface area contributed by atoms with Crippen LogP contribution in [-0.4, -0.2) is 25.3 Å². The number of carbonyl (C=O) groups excluding carboxylic acids is 1. The summed E-state index contributed by atoms with van der Waals surface area (Å²) in [6, 6.07) is 20.7. The molecule has 1 aliphatic rings. The first-order valence-electron chi connectivity index (χ1n) is 10.8. The van der Waals surface area contributed by atoms with E-state index in [1.807, 2.05) is 30.3 Å². The van der Waals surface area contributed by atoms with Gasteiger partial charge in [0.1, 0.15) is 0 Å². The lowest BCUT2D eigenvalue weighted by atomic mass is 9.82. The second-order valence-electron chi connectivity index (χ2n) is 8.15. The van der Waals surface area contributed by atoms with Crippen LogP contribution < -0.4 is 10.6 Å². The molecule has 180 valence electrons. The lowest BCUT2D eigenvalue weighted by Crippen LogP contribution is -2.55. The summed E-state index contributed by atoms with van der Waals surface area (Å²) in [5, 5.41) is 6.58. The summed E-state index contributed by atoms with van der Waals surface area (Å²) < 4.78 is 41.0. The van der Waals surface area contributed by atoms with Gasteiger partial charge in [-0.1, -0.05) is 60.7 Å². The van der Waals surface area contributed by atoms with Crippen molar-refractivity contribution in [2.24, 2.45) is 0 Å². The fourth-order valence-electron chi connectivity index (χ4n) is 4.39. The molecule has 3 nitrogen and oxygen atoms in total. The Morgan fingerprint density at radius 3 is 2.24 bits per heavy atom. The van der Waals surface area contributed by atoms with Crippen molar-refractivity contribution in [1.29, 1.82) is 0 Å². The summed E-state index contributed by atoms with van der Waals surface area (Å²) in [4.78, 5) is 14.1. The van der Waals surface area contributed by atoms with Crippen LogP contribution in [0.3, 0.4) is 0 Å². The topological polar surface area (TPSA) is 41.1 Å². The van der Waals surface area contributed by atoms with Crippen LogP contribution in [0.5, 0.6) is 0 Å². The van der Waals surface area contributed by atoms with E-state index in [9.17, 15) is 18.0 Å². The Bertz CT molecular complexity index is 1120. The first kappa shape index (κ1) is 26.1. The van der Waals surface area contributed by atoms with Gasteiger partial charge in [0.2, 0.25) is 0 Å². The highest BCUT2D eigenvalue weighted by atomic mass is 35.5. The van der Waals surface area contributed by atoms with Gasteiger partial charge in [-0.2, -0.15) is 13.2 Å². The molecule has 0 bridgehead atoms. The van der Waals surface area contributed by atoms with Crippen LogP contribution in [0, 0.1) is 0 Å². The van der Waals surface area contributed by atoms with E-state index < -0.39 is 17.3 Å². The number of hydrogen-bond acceptors (Lipinski definition) is 3. The molecule has 4 rings (SSSR count). The van der Waals surface area contributed by atoms with Gasteiger partial charge in [-0.3, -0.25) is 4.79 Å². The molecule has 1 fully saturated rings. The number of amides is 1. The van der Waals surface area contributed by atoms with E-state index >= 15 is 0 Å². The molecule has 0 aliphatic carbocycles.